The van der Waals surface area contributed by atoms with Crippen LogP contribution in [0, 0.1) is 0 Å². The summed E-state index contributed by atoms with van der Waals surface area (Å²) in [5.74, 6) is -1.08. The Morgan fingerprint density at radius 1 is 0.386 bits per heavy atom. The molecule has 57 heavy (non-hydrogen) atoms. The van der Waals surface area contributed by atoms with Gasteiger partial charge in [-0.15, -0.1) is 0 Å². The van der Waals surface area contributed by atoms with Gasteiger partial charge >= 0.3 is 17.9 Å². The molecule has 0 amide bonds. The molecule has 0 aliphatic heterocycles. The van der Waals surface area contributed by atoms with Crippen molar-refractivity contribution in [3.8, 4) is 0 Å². The minimum Gasteiger partial charge on any atom is -0.462 e. The van der Waals surface area contributed by atoms with Gasteiger partial charge in [0.2, 0.25) is 0 Å². The average molecular weight is 787 g/mol. The summed E-state index contributed by atoms with van der Waals surface area (Å²) in [4.78, 5) is 37.6. The fourth-order valence-electron chi connectivity index (χ4n) is 5.25. The summed E-state index contributed by atoms with van der Waals surface area (Å²) in [7, 11) is 0. The van der Waals surface area contributed by atoms with E-state index in [1.54, 1.807) is 0 Å². The molecule has 0 N–H and O–H groups in total. The van der Waals surface area contributed by atoms with Crippen LogP contribution >= 0.6 is 0 Å². The van der Waals surface area contributed by atoms with Crippen LogP contribution in [0.25, 0.3) is 0 Å². The first-order valence-corrected chi connectivity index (χ1v) is 22.1. The van der Waals surface area contributed by atoms with E-state index < -0.39 is 6.10 Å². The van der Waals surface area contributed by atoms with E-state index >= 15 is 0 Å². The molecule has 0 spiro atoms. The van der Waals surface area contributed by atoms with Gasteiger partial charge in [0.25, 0.3) is 0 Å². The van der Waals surface area contributed by atoms with Crippen molar-refractivity contribution in [3.05, 3.63) is 122 Å². The van der Waals surface area contributed by atoms with Crippen molar-refractivity contribution < 1.29 is 28.6 Å². The lowest BCUT2D eigenvalue weighted by Gasteiger charge is -2.18. The van der Waals surface area contributed by atoms with Crippen molar-refractivity contribution >= 4 is 17.9 Å². The van der Waals surface area contributed by atoms with Crippen LogP contribution in [0.3, 0.4) is 0 Å². The summed E-state index contributed by atoms with van der Waals surface area (Å²) in [6, 6.07) is 0. The van der Waals surface area contributed by atoms with E-state index in [0.717, 1.165) is 77.0 Å². The molecule has 0 heterocycles. The molecule has 0 bridgehead atoms. The quantitative estimate of drug-likeness (QED) is 0.0205. The number of hydrogen-bond acceptors (Lipinski definition) is 6. The van der Waals surface area contributed by atoms with Crippen LogP contribution in [-0.4, -0.2) is 37.2 Å². The molecule has 0 aromatic rings. The number of carbonyl (C=O) groups excluding carboxylic acids is 3. The third kappa shape index (κ3) is 42.8. The van der Waals surface area contributed by atoms with Gasteiger partial charge in [-0.05, 0) is 96.3 Å². The molecule has 0 rings (SSSR count). The molecular formula is C51H78O6. The molecule has 0 aromatic heterocycles. The molecule has 6 nitrogen and oxygen atoms in total. The molecule has 0 aliphatic carbocycles. The normalized spacial score (nSPS) is 13.2. The number of allylic oxidation sites excluding steroid dienone is 20. The number of esters is 3. The van der Waals surface area contributed by atoms with Gasteiger partial charge < -0.3 is 14.2 Å². The highest BCUT2D eigenvalue weighted by Gasteiger charge is 2.19. The van der Waals surface area contributed by atoms with Crippen molar-refractivity contribution in [2.24, 2.45) is 0 Å². The maximum absolute atomic E-state index is 12.7. The molecule has 0 fully saturated rings. The maximum Gasteiger partial charge on any atom is 0.306 e. The standard InChI is InChI=1S/C51H78O6/c1-4-7-10-13-16-19-21-23-24-25-26-28-29-32-35-38-41-44-50(53)56-47-48(46-55-49(52)43-40-37-34-31-18-15-12-9-6-3)57-51(54)45-42-39-36-33-30-27-22-20-17-14-11-8-5-2/h7-8,10-11,14,16-17,19-20,22-24,26-28,30-32,34-35,48H,4-6,9,12-13,15,18,21,25,29,33,36-47H2,1-3H3/b10-7-,11-8-,17-14-,19-16-,22-20-,24-23-,28-26-,30-27-,34-31-,35-32-. The van der Waals surface area contributed by atoms with Gasteiger partial charge in [-0.1, -0.05) is 168 Å². The molecule has 0 radical (unpaired) electrons. The average Bonchev–Trinajstić information content (AvgIpc) is 3.21. The zero-order chi connectivity index (χ0) is 41.5. The second-order valence-corrected chi connectivity index (χ2v) is 13.9. The fraction of sp³-hybridized carbons (Fsp3) is 0.549. The zero-order valence-electron chi connectivity index (χ0n) is 36.0. The van der Waals surface area contributed by atoms with Gasteiger partial charge in [-0.3, -0.25) is 14.4 Å². The maximum atomic E-state index is 12.7. The highest BCUT2D eigenvalue weighted by Crippen LogP contribution is 2.10. The third-order valence-electron chi connectivity index (χ3n) is 8.53. The molecule has 1 unspecified atom stereocenters. The molecular weight excluding hydrogens is 709 g/mol. The van der Waals surface area contributed by atoms with Crippen LogP contribution in [0.4, 0.5) is 0 Å². The Bertz CT molecular complexity index is 1270. The van der Waals surface area contributed by atoms with Gasteiger partial charge in [0.05, 0.1) is 0 Å². The summed E-state index contributed by atoms with van der Waals surface area (Å²) in [5.41, 5.74) is 0. The highest BCUT2D eigenvalue weighted by atomic mass is 16.6. The molecule has 6 heteroatoms. The smallest absolute Gasteiger partial charge is 0.306 e. The van der Waals surface area contributed by atoms with E-state index in [1.165, 1.54) is 25.7 Å². The van der Waals surface area contributed by atoms with Crippen LogP contribution in [0.15, 0.2) is 122 Å². The lowest BCUT2D eigenvalue weighted by molar-refractivity contribution is -0.167. The van der Waals surface area contributed by atoms with Crippen LogP contribution in [0.2, 0.25) is 0 Å². The molecule has 0 aromatic carbocycles. The molecule has 318 valence electrons. The summed E-state index contributed by atoms with van der Waals surface area (Å²) in [6.45, 7) is 6.19. The molecule has 0 aliphatic rings. The number of hydrogen-bond donors (Lipinski definition) is 0. The number of ether oxygens (including phenoxy) is 3. The van der Waals surface area contributed by atoms with Gasteiger partial charge in [0.1, 0.15) is 13.2 Å². The van der Waals surface area contributed by atoms with Crippen molar-refractivity contribution in [1.29, 1.82) is 0 Å². The minimum absolute atomic E-state index is 0.131. The van der Waals surface area contributed by atoms with Crippen LogP contribution in [0.5, 0.6) is 0 Å². The second-order valence-electron chi connectivity index (χ2n) is 13.9. The van der Waals surface area contributed by atoms with Crippen molar-refractivity contribution in [3.63, 3.8) is 0 Å². The predicted molar refractivity (Wildman–Crippen MR) is 242 cm³/mol. The summed E-state index contributed by atoms with van der Waals surface area (Å²) in [5, 5.41) is 0. The third-order valence-corrected chi connectivity index (χ3v) is 8.53. The van der Waals surface area contributed by atoms with Gasteiger partial charge in [-0.25, -0.2) is 0 Å². The first kappa shape index (κ1) is 52.8. The van der Waals surface area contributed by atoms with Crippen LogP contribution < -0.4 is 0 Å². The first-order valence-electron chi connectivity index (χ1n) is 22.1. The van der Waals surface area contributed by atoms with E-state index in [9.17, 15) is 14.4 Å². The molecule has 0 saturated heterocycles. The van der Waals surface area contributed by atoms with Crippen molar-refractivity contribution in [2.45, 2.75) is 168 Å². The van der Waals surface area contributed by atoms with Crippen LogP contribution in [0.1, 0.15) is 162 Å². The van der Waals surface area contributed by atoms with E-state index in [0.29, 0.717) is 19.3 Å². The van der Waals surface area contributed by atoms with Crippen molar-refractivity contribution in [2.75, 3.05) is 13.2 Å². The Balaban J connectivity index is 4.58. The summed E-state index contributed by atoms with van der Waals surface area (Å²) >= 11 is 0. The van der Waals surface area contributed by atoms with Crippen LogP contribution in [-0.2, 0) is 28.6 Å². The van der Waals surface area contributed by atoms with Gasteiger partial charge in [-0.2, -0.15) is 0 Å². The summed E-state index contributed by atoms with van der Waals surface area (Å²) < 4.78 is 16.5. The van der Waals surface area contributed by atoms with E-state index in [2.05, 4.69) is 106 Å². The Morgan fingerprint density at radius 3 is 1.32 bits per heavy atom. The largest absolute Gasteiger partial charge is 0.462 e. The summed E-state index contributed by atoms with van der Waals surface area (Å²) in [6.07, 6.45) is 60.6. The second kappa shape index (κ2) is 44.5. The number of rotatable bonds is 37. The lowest BCUT2D eigenvalue weighted by Crippen LogP contribution is -2.30. The topological polar surface area (TPSA) is 78.9 Å². The SMILES string of the molecule is CC\C=C/C=C\C=C/C=C\CCCCCC(=O)OC(COC(=O)CCC/C=C\C/C=C\C/C=C\C/C=C\C/C=C\CC)COC(=O)CCC/C=C\CCCCCC. The zero-order valence-corrected chi connectivity index (χ0v) is 36.0. The van der Waals surface area contributed by atoms with E-state index in [-0.39, 0.29) is 50.4 Å². The van der Waals surface area contributed by atoms with E-state index in [4.69, 9.17) is 14.2 Å². The Morgan fingerprint density at radius 2 is 0.789 bits per heavy atom. The molecule has 0 saturated carbocycles. The first-order chi connectivity index (χ1) is 28.0. The monoisotopic (exact) mass is 787 g/mol. The molecule has 1 atom stereocenters. The number of carbonyl (C=O) groups is 3. The Kier molecular flexibility index (Phi) is 41.3. The van der Waals surface area contributed by atoms with Gasteiger partial charge in [0, 0.05) is 19.3 Å². The predicted octanol–water partition coefficient (Wildman–Crippen LogP) is 14.2. The minimum atomic E-state index is -0.833. The van der Waals surface area contributed by atoms with Gasteiger partial charge in [0.15, 0.2) is 6.10 Å². The van der Waals surface area contributed by atoms with Crippen molar-refractivity contribution in [1.82, 2.24) is 0 Å². The Labute approximate surface area is 348 Å². The lowest BCUT2D eigenvalue weighted by atomic mass is 10.1. The van der Waals surface area contributed by atoms with E-state index in [1.807, 2.05) is 36.5 Å². The Hall–Kier alpha value is -4.19. The fourth-order valence-corrected chi connectivity index (χ4v) is 5.25. The number of unbranched alkanes of at least 4 members (excludes halogenated alkanes) is 9. The highest BCUT2D eigenvalue weighted by molar-refractivity contribution is 5.71.